The number of esters is 3. The first-order chi connectivity index (χ1) is 40.0. The molecule has 6 nitrogen and oxygen atoms in total. The second-order valence-electron chi connectivity index (χ2n) is 22.0. The van der Waals surface area contributed by atoms with Gasteiger partial charge in [-0.2, -0.15) is 0 Å². The van der Waals surface area contributed by atoms with Gasteiger partial charge in [-0.25, -0.2) is 0 Å². The zero-order valence-electron chi connectivity index (χ0n) is 52.8. The molecule has 0 aromatic heterocycles. The minimum atomic E-state index is -0.795. The summed E-state index contributed by atoms with van der Waals surface area (Å²) in [6.45, 7) is 6.39. The fourth-order valence-electron chi connectivity index (χ4n) is 9.14. The molecule has 1 atom stereocenters. The highest BCUT2D eigenvalue weighted by molar-refractivity contribution is 5.71. The van der Waals surface area contributed by atoms with Crippen LogP contribution in [0.25, 0.3) is 0 Å². The molecule has 0 saturated carbocycles. The van der Waals surface area contributed by atoms with Crippen LogP contribution in [0.2, 0.25) is 0 Å². The van der Waals surface area contributed by atoms with Gasteiger partial charge in [-0.15, -0.1) is 0 Å². The summed E-state index contributed by atoms with van der Waals surface area (Å²) < 4.78 is 16.9. The van der Waals surface area contributed by atoms with Gasteiger partial charge in [0.1, 0.15) is 13.2 Å². The van der Waals surface area contributed by atoms with E-state index in [1.165, 1.54) is 122 Å². The summed E-state index contributed by atoms with van der Waals surface area (Å²) >= 11 is 0. The van der Waals surface area contributed by atoms with Gasteiger partial charge in [-0.3, -0.25) is 14.4 Å². The molecule has 0 rings (SSSR count). The van der Waals surface area contributed by atoms with E-state index in [0.717, 1.165) is 141 Å². The number of hydrogen-bond donors (Lipinski definition) is 0. The van der Waals surface area contributed by atoms with Crippen LogP contribution in [0.5, 0.6) is 0 Å². The van der Waals surface area contributed by atoms with Crippen molar-refractivity contribution in [2.45, 2.75) is 309 Å². The first kappa shape index (κ1) is 76.5. The Labute approximate surface area is 500 Å². The van der Waals surface area contributed by atoms with E-state index in [-0.39, 0.29) is 31.1 Å². The lowest BCUT2D eigenvalue weighted by Crippen LogP contribution is -2.30. The number of unbranched alkanes of at least 4 members (excludes halogenated alkanes) is 27. The fourth-order valence-corrected chi connectivity index (χ4v) is 9.14. The Morgan fingerprint density at radius 1 is 0.259 bits per heavy atom. The van der Waals surface area contributed by atoms with Crippen LogP contribution in [0.15, 0.2) is 134 Å². The highest BCUT2D eigenvalue weighted by Gasteiger charge is 2.19. The van der Waals surface area contributed by atoms with E-state index < -0.39 is 6.10 Å². The molecule has 0 N–H and O–H groups in total. The van der Waals surface area contributed by atoms with Gasteiger partial charge in [0.05, 0.1) is 0 Å². The van der Waals surface area contributed by atoms with Crippen molar-refractivity contribution in [1.82, 2.24) is 0 Å². The third kappa shape index (κ3) is 66.2. The number of rotatable bonds is 60. The van der Waals surface area contributed by atoms with Crippen molar-refractivity contribution in [2.24, 2.45) is 0 Å². The van der Waals surface area contributed by atoms with E-state index in [1.54, 1.807) is 0 Å². The monoisotopic (exact) mass is 1120 g/mol. The van der Waals surface area contributed by atoms with Crippen molar-refractivity contribution < 1.29 is 28.6 Å². The minimum absolute atomic E-state index is 0.0895. The first-order valence-corrected chi connectivity index (χ1v) is 33.7. The van der Waals surface area contributed by atoms with Crippen molar-refractivity contribution >= 4 is 17.9 Å². The molecule has 0 fully saturated rings. The van der Waals surface area contributed by atoms with Crippen LogP contribution >= 0.6 is 0 Å². The Kier molecular flexibility index (Phi) is 64.3. The zero-order chi connectivity index (χ0) is 58.5. The summed E-state index contributed by atoms with van der Waals surface area (Å²) in [5.74, 6) is -0.909. The largest absolute Gasteiger partial charge is 0.462 e. The number of carbonyl (C=O) groups excluding carboxylic acids is 3. The second-order valence-corrected chi connectivity index (χ2v) is 22.0. The molecule has 0 aromatic carbocycles. The summed E-state index contributed by atoms with van der Waals surface area (Å²) in [7, 11) is 0. The average Bonchev–Trinajstić information content (AvgIpc) is 3.46. The molecule has 0 aliphatic carbocycles. The molecule has 0 saturated heterocycles. The van der Waals surface area contributed by atoms with Gasteiger partial charge in [-0.1, -0.05) is 283 Å². The normalized spacial score (nSPS) is 13.0. The Bertz CT molecular complexity index is 1720. The molecule has 0 spiro atoms. The summed E-state index contributed by atoms with van der Waals surface area (Å²) in [5.41, 5.74) is 0. The molecule has 0 bridgehead atoms. The average molecular weight is 1120 g/mol. The Morgan fingerprint density at radius 2 is 0.481 bits per heavy atom. The molecular weight excluding hydrogens is 997 g/mol. The lowest BCUT2D eigenvalue weighted by molar-refractivity contribution is -0.167. The quantitative estimate of drug-likeness (QED) is 0.0261. The van der Waals surface area contributed by atoms with Gasteiger partial charge in [0.25, 0.3) is 0 Å². The molecule has 0 heterocycles. The van der Waals surface area contributed by atoms with Crippen LogP contribution < -0.4 is 0 Å². The molecule has 0 amide bonds. The standard InChI is InChI=1S/C75H124O6/c1-4-7-10-13-16-19-22-25-27-29-31-32-33-34-35-36-37-38-39-40-41-42-44-45-47-50-53-56-59-62-65-68-74(77)80-71-72(70-79-73(76)67-64-61-58-55-52-49-24-21-18-15-12-9-6-3)81-75(78)69-66-63-60-57-54-51-48-46-43-30-28-26-23-20-17-14-11-8-5-2/h7-8,10-11,16-17,19-21,24-28,31-32,34-35,37-38,43,46,72H,4-6,9,12-15,18,22-23,29-30,33,36,39-42,44-45,47-71H2,1-3H3/b10-7-,11-8-,19-16-,20-17-,24-21-,27-25-,28-26-,32-31-,35-34-,38-37-,46-43-. The smallest absolute Gasteiger partial charge is 0.306 e. The SMILES string of the molecule is CC/C=C\C/C=C\C/C=C\C/C=C\C/C=C\C/C=C\CCCCCCCCCCCCCCC(=O)OCC(COC(=O)CCCCCCC/C=C\CCCCCC)OC(=O)CCCCCCCC/C=C\C/C=C\C/C=C\C/C=C\CC. The van der Waals surface area contributed by atoms with E-state index in [2.05, 4.69) is 154 Å². The van der Waals surface area contributed by atoms with E-state index in [0.29, 0.717) is 19.3 Å². The molecule has 0 aliphatic rings. The maximum Gasteiger partial charge on any atom is 0.306 e. The number of allylic oxidation sites excluding steroid dienone is 22. The van der Waals surface area contributed by atoms with Crippen LogP contribution in [0.1, 0.15) is 303 Å². The summed E-state index contributed by atoms with van der Waals surface area (Å²) in [6.07, 6.45) is 96.1. The zero-order valence-corrected chi connectivity index (χ0v) is 52.8. The number of hydrogen-bond acceptors (Lipinski definition) is 6. The lowest BCUT2D eigenvalue weighted by atomic mass is 10.0. The Morgan fingerprint density at radius 3 is 0.765 bits per heavy atom. The molecule has 0 radical (unpaired) electrons. The molecule has 1 unspecified atom stereocenters. The lowest BCUT2D eigenvalue weighted by Gasteiger charge is -2.18. The van der Waals surface area contributed by atoms with Gasteiger partial charge in [0.2, 0.25) is 0 Å². The maximum atomic E-state index is 12.9. The predicted octanol–water partition coefficient (Wildman–Crippen LogP) is 23.3. The highest BCUT2D eigenvalue weighted by atomic mass is 16.6. The van der Waals surface area contributed by atoms with Crippen LogP contribution in [-0.2, 0) is 28.6 Å². The van der Waals surface area contributed by atoms with Crippen molar-refractivity contribution in [1.29, 1.82) is 0 Å². The molecule has 0 aliphatic heterocycles. The van der Waals surface area contributed by atoms with Gasteiger partial charge in [-0.05, 0) is 135 Å². The predicted molar refractivity (Wildman–Crippen MR) is 353 cm³/mol. The van der Waals surface area contributed by atoms with Gasteiger partial charge in [0, 0.05) is 19.3 Å². The van der Waals surface area contributed by atoms with Crippen LogP contribution in [0, 0.1) is 0 Å². The minimum Gasteiger partial charge on any atom is -0.462 e. The van der Waals surface area contributed by atoms with Crippen LogP contribution in [-0.4, -0.2) is 37.2 Å². The van der Waals surface area contributed by atoms with E-state index in [9.17, 15) is 14.4 Å². The third-order valence-electron chi connectivity index (χ3n) is 14.1. The summed E-state index contributed by atoms with van der Waals surface area (Å²) in [5, 5.41) is 0. The summed E-state index contributed by atoms with van der Waals surface area (Å²) in [6, 6.07) is 0. The van der Waals surface area contributed by atoms with Crippen molar-refractivity contribution in [2.75, 3.05) is 13.2 Å². The molecule has 460 valence electrons. The van der Waals surface area contributed by atoms with E-state index >= 15 is 0 Å². The maximum absolute atomic E-state index is 12.9. The molecule has 6 heteroatoms. The fraction of sp³-hybridized carbons (Fsp3) is 0.667. The van der Waals surface area contributed by atoms with Crippen LogP contribution in [0.3, 0.4) is 0 Å². The summed E-state index contributed by atoms with van der Waals surface area (Å²) in [4.78, 5) is 38.4. The van der Waals surface area contributed by atoms with Gasteiger partial charge in [0.15, 0.2) is 6.10 Å². The molecule has 81 heavy (non-hydrogen) atoms. The van der Waals surface area contributed by atoms with E-state index in [4.69, 9.17) is 14.2 Å². The molecular formula is C75H124O6. The first-order valence-electron chi connectivity index (χ1n) is 33.7. The number of ether oxygens (including phenoxy) is 3. The highest BCUT2D eigenvalue weighted by Crippen LogP contribution is 2.16. The van der Waals surface area contributed by atoms with Gasteiger partial charge < -0.3 is 14.2 Å². The Balaban J connectivity index is 4.29. The van der Waals surface area contributed by atoms with Crippen molar-refractivity contribution in [3.8, 4) is 0 Å². The van der Waals surface area contributed by atoms with E-state index in [1.807, 2.05) is 0 Å². The molecule has 0 aromatic rings. The Hall–Kier alpha value is -4.45. The van der Waals surface area contributed by atoms with Crippen molar-refractivity contribution in [3.05, 3.63) is 134 Å². The third-order valence-corrected chi connectivity index (χ3v) is 14.1. The topological polar surface area (TPSA) is 78.9 Å². The number of carbonyl (C=O) groups is 3. The van der Waals surface area contributed by atoms with Crippen LogP contribution in [0.4, 0.5) is 0 Å². The van der Waals surface area contributed by atoms with Gasteiger partial charge >= 0.3 is 17.9 Å². The van der Waals surface area contributed by atoms with Crippen molar-refractivity contribution in [3.63, 3.8) is 0 Å². The second kappa shape index (κ2) is 68.1.